The highest BCUT2D eigenvalue weighted by Gasteiger charge is 2.12. The van der Waals surface area contributed by atoms with E-state index >= 15 is 0 Å². The zero-order valence-electron chi connectivity index (χ0n) is 11.7. The molecule has 0 saturated carbocycles. The smallest absolute Gasteiger partial charge is 0.270 e. The maximum absolute atomic E-state index is 12.2. The van der Waals surface area contributed by atoms with Crippen molar-refractivity contribution in [3.05, 3.63) is 23.4 Å². The number of tetrazole rings is 1. The summed E-state index contributed by atoms with van der Waals surface area (Å²) in [5, 5.41) is 17.0. The fourth-order valence-electron chi connectivity index (χ4n) is 1.68. The Morgan fingerprint density at radius 2 is 2.15 bits per heavy atom. The number of rotatable bonds is 5. The van der Waals surface area contributed by atoms with Crippen LogP contribution in [0.3, 0.4) is 0 Å². The highest BCUT2D eigenvalue weighted by molar-refractivity contribution is 6.03. The molecular formula is C12H17N7O. The van der Waals surface area contributed by atoms with Crippen LogP contribution in [0, 0.1) is 0 Å². The van der Waals surface area contributed by atoms with Crippen LogP contribution in [-0.4, -0.2) is 37.6 Å². The fourth-order valence-corrected chi connectivity index (χ4v) is 1.68. The van der Waals surface area contributed by atoms with Crippen molar-refractivity contribution in [1.82, 2.24) is 25.2 Å². The molecule has 2 aromatic rings. The molecule has 0 saturated heterocycles. The van der Waals surface area contributed by atoms with Crippen LogP contribution in [0.4, 0.5) is 11.8 Å². The maximum Gasteiger partial charge on any atom is 0.270 e. The average molecular weight is 275 g/mol. The SMILES string of the molecule is CCNc1cc(C(=O)Nc2nnn(C)n2)cc(CC)n1. The minimum Gasteiger partial charge on any atom is -0.370 e. The first-order chi connectivity index (χ1) is 9.62. The number of pyridine rings is 1. The van der Waals surface area contributed by atoms with E-state index in [-0.39, 0.29) is 11.9 Å². The van der Waals surface area contributed by atoms with Crippen molar-refractivity contribution in [2.24, 2.45) is 7.05 Å². The first-order valence-corrected chi connectivity index (χ1v) is 6.42. The lowest BCUT2D eigenvalue weighted by atomic mass is 10.2. The first kappa shape index (κ1) is 13.9. The van der Waals surface area contributed by atoms with Gasteiger partial charge in [0.15, 0.2) is 0 Å². The Hall–Kier alpha value is -2.51. The van der Waals surface area contributed by atoms with Crippen LogP contribution in [0.5, 0.6) is 0 Å². The molecule has 106 valence electrons. The number of carbonyl (C=O) groups excluding carboxylic acids is 1. The molecule has 8 nitrogen and oxygen atoms in total. The van der Waals surface area contributed by atoms with Gasteiger partial charge in [0.05, 0.1) is 7.05 Å². The van der Waals surface area contributed by atoms with Crippen LogP contribution in [0.25, 0.3) is 0 Å². The molecule has 0 aliphatic rings. The van der Waals surface area contributed by atoms with Gasteiger partial charge in [0.2, 0.25) is 0 Å². The maximum atomic E-state index is 12.2. The van der Waals surface area contributed by atoms with E-state index in [0.717, 1.165) is 18.7 Å². The van der Waals surface area contributed by atoms with Gasteiger partial charge >= 0.3 is 0 Å². The second kappa shape index (κ2) is 6.09. The predicted octanol–water partition coefficient (Wildman–Crippen LogP) is 0.852. The Morgan fingerprint density at radius 1 is 1.35 bits per heavy atom. The highest BCUT2D eigenvalue weighted by atomic mass is 16.1. The topological polar surface area (TPSA) is 97.6 Å². The standard InChI is InChI=1S/C12H17N7O/c1-4-9-6-8(7-10(14-9)13-5-2)11(20)15-12-16-18-19(3)17-12/h6-7H,4-5H2,1-3H3,(H,13,14)(H,15,17,20). The molecule has 0 aromatic carbocycles. The predicted molar refractivity (Wildman–Crippen MR) is 74.5 cm³/mol. The van der Waals surface area contributed by atoms with E-state index in [1.807, 2.05) is 13.8 Å². The minimum absolute atomic E-state index is 0.178. The second-order valence-corrected chi connectivity index (χ2v) is 4.17. The average Bonchev–Trinajstić information content (AvgIpc) is 2.84. The largest absolute Gasteiger partial charge is 0.370 e. The van der Waals surface area contributed by atoms with Crippen molar-refractivity contribution in [3.63, 3.8) is 0 Å². The van der Waals surface area contributed by atoms with E-state index in [0.29, 0.717) is 11.4 Å². The Morgan fingerprint density at radius 3 is 2.75 bits per heavy atom. The molecule has 0 atom stereocenters. The first-order valence-electron chi connectivity index (χ1n) is 6.42. The summed E-state index contributed by atoms with van der Waals surface area (Å²) in [4.78, 5) is 17.8. The number of aromatic nitrogens is 5. The third kappa shape index (κ3) is 3.28. The molecule has 0 fully saturated rings. The van der Waals surface area contributed by atoms with Gasteiger partial charge in [-0.2, -0.15) is 4.80 Å². The van der Waals surface area contributed by atoms with E-state index < -0.39 is 0 Å². The molecule has 0 aliphatic heterocycles. The van der Waals surface area contributed by atoms with E-state index in [9.17, 15) is 4.79 Å². The summed E-state index contributed by atoms with van der Waals surface area (Å²) in [7, 11) is 1.63. The Labute approximate surface area is 116 Å². The number of carbonyl (C=O) groups is 1. The van der Waals surface area contributed by atoms with Gasteiger partial charge in [-0.25, -0.2) is 4.98 Å². The molecule has 0 radical (unpaired) electrons. The van der Waals surface area contributed by atoms with E-state index in [1.54, 1.807) is 19.2 Å². The lowest BCUT2D eigenvalue weighted by Gasteiger charge is -2.08. The summed E-state index contributed by atoms with van der Waals surface area (Å²) in [5.74, 6) is 0.579. The van der Waals surface area contributed by atoms with Crippen LogP contribution in [0.15, 0.2) is 12.1 Å². The van der Waals surface area contributed by atoms with Crippen LogP contribution in [0.2, 0.25) is 0 Å². The molecule has 2 heterocycles. The van der Waals surface area contributed by atoms with Crippen LogP contribution in [0.1, 0.15) is 29.9 Å². The molecule has 2 rings (SSSR count). The monoisotopic (exact) mass is 275 g/mol. The van der Waals surface area contributed by atoms with E-state index in [1.165, 1.54) is 4.80 Å². The summed E-state index contributed by atoms with van der Waals surface area (Å²) < 4.78 is 0. The van der Waals surface area contributed by atoms with Crippen LogP contribution < -0.4 is 10.6 Å². The van der Waals surface area contributed by atoms with Crippen LogP contribution >= 0.6 is 0 Å². The van der Waals surface area contributed by atoms with Gasteiger partial charge in [0.25, 0.3) is 11.9 Å². The van der Waals surface area contributed by atoms with Gasteiger partial charge in [-0.15, -0.1) is 5.10 Å². The molecule has 0 aliphatic carbocycles. The quantitative estimate of drug-likeness (QED) is 0.839. The Bertz CT molecular complexity index is 608. The Balaban J connectivity index is 2.21. The summed E-state index contributed by atoms with van der Waals surface area (Å²) in [6.07, 6.45) is 0.753. The van der Waals surface area contributed by atoms with Crippen molar-refractivity contribution in [3.8, 4) is 0 Å². The lowest BCUT2D eigenvalue weighted by Crippen LogP contribution is -2.15. The van der Waals surface area contributed by atoms with E-state index in [4.69, 9.17) is 0 Å². The van der Waals surface area contributed by atoms with Crippen molar-refractivity contribution in [2.45, 2.75) is 20.3 Å². The van der Waals surface area contributed by atoms with Gasteiger partial charge in [0, 0.05) is 17.8 Å². The van der Waals surface area contributed by atoms with Crippen molar-refractivity contribution >= 4 is 17.7 Å². The zero-order chi connectivity index (χ0) is 14.5. The number of hydrogen-bond donors (Lipinski definition) is 2. The van der Waals surface area contributed by atoms with Crippen molar-refractivity contribution < 1.29 is 4.79 Å². The van der Waals surface area contributed by atoms with Gasteiger partial charge in [0.1, 0.15) is 5.82 Å². The molecule has 2 N–H and O–H groups in total. The molecule has 8 heteroatoms. The molecule has 0 spiro atoms. The summed E-state index contributed by atoms with van der Waals surface area (Å²) in [5.41, 5.74) is 1.36. The molecular weight excluding hydrogens is 258 g/mol. The number of nitrogens with one attached hydrogen (secondary N) is 2. The number of hydrogen-bond acceptors (Lipinski definition) is 6. The molecule has 0 bridgehead atoms. The van der Waals surface area contributed by atoms with E-state index in [2.05, 4.69) is 31.0 Å². The lowest BCUT2D eigenvalue weighted by molar-refractivity contribution is 0.102. The highest BCUT2D eigenvalue weighted by Crippen LogP contribution is 2.12. The molecule has 2 aromatic heterocycles. The molecule has 1 amide bonds. The molecule has 0 unspecified atom stereocenters. The van der Waals surface area contributed by atoms with Crippen molar-refractivity contribution in [1.29, 1.82) is 0 Å². The number of nitrogens with zero attached hydrogens (tertiary/aromatic N) is 5. The fraction of sp³-hybridized carbons (Fsp3) is 0.417. The van der Waals surface area contributed by atoms with Gasteiger partial charge in [-0.1, -0.05) is 12.0 Å². The summed E-state index contributed by atoms with van der Waals surface area (Å²) >= 11 is 0. The summed E-state index contributed by atoms with van der Waals surface area (Å²) in [6, 6.07) is 3.46. The third-order valence-electron chi connectivity index (χ3n) is 2.59. The number of aryl methyl sites for hydroxylation is 2. The second-order valence-electron chi connectivity index (χ2n) is 4.17. The van der Waals surface area contributed by atoms with Gasteiger partial charge in [-0.05, 0) is 30.7 Å². The summed E-state index contributed by atoms with van der Waals surface area (Å²) in [6.45, 7) is 4.71. The van der Waals surface area contributed by atoms with Crippen molar-refractivity contribution in [2.75, 3.05) is 17.2 Å². The van der Waals surface area contributed by atoms with Crippen LogP contribution in [-0.2, 0) is 13.5 Å². The number of anilines is 2. The van der Waals surface area contributed by atoms with Gasteiger partial charge in [-0.3, -0.25) is 10.1 Å². The minimum atomic E-state index is -0.283. The normalized spacial score (nSPS) is 10.3. The van der Waals surface area contributed by atoms with Gasteiger partial charge < -0.3 is 5.32 Å². The third-order valence-corrected chi connectivity index (χ3v) is 2.59. The number of amides is 1. The zero-order valence-corrected chi connectivity index (χ0v) is 11.7. The molecule has 20 heavy (non-hydrogen) atoms. The Kier molecular flexibility index (Phi) is 4.24.